The van der Waals surface area contributed by atoms with Gasteiger partial charge in [0.15, 0.2) is 15.6 Å². The Morgan fingerprint density at radius 3 is 2.57 bits per heavy atom. The van der Waals surface area contributed by atoms with Crippen molar-refractivity contribution in [2.45, 2.75) is 18.2 Å². The van der Waals surface area contributed by atoms with Crippen molar-refractivity contribution in [2.75, 3.05) is 39.0 Å². The lowest BCUT2D eigenvalue weighted by Gasteiger charge is -2.26. The van der Waals surface area contributed by atoms with Crippen molar-refractivity contribution in [3.8, 4) is 0 Å². The van der Waals surface area contributed by atoms with Gasteiger partial charge in [0.25, 0.3) is 0 Å². The first kappa shape index (κ1) is 16.1. The van der Waals surface area contributed by atoms with Gasteiger partial charge in [-0.3, -0.25) is 4.79 Å². The number of aryl methyl sites for hydroxylation is 1. The van der Waals surface area contributed by atoms with Crippen LogP contribution in [-0.2, 0) is 9.84 Å². The predicted octanol–water partition coefficient (Wildman–Crippen LogP) is 0.877. The second-order valence-electron chi connectivity index (χ2n) is 5.54. The van der Waals surface area contributed by atoms with Gasteiger partial charge in [0.1, 0.15) is 0 Å². The van der Waals surface area contributed by atoms with Crippen LogP contribution in [0.4, 0.5) is 0 Å². The number of Topliss-reactive ketones (excluding diaryl/α,β-unsaturated/α-hetero) is 1. The Kier molecular flexibility index (Phi) is 5.13. The number of hydrogen-bond acceptors (Lipinski definition) is 5. The van der Waals surface area contributed by atoms with Crippen LogP contribution in [0.1, 0.15) is 22.3 Å². The molecular weight excluding hydrogens is 288 g/mol. The van der Waals surface area contributed by atoms with Crippen molar-refractivity contribution in [1.82, 2.24) is 10.2 Å². The lowest BCUT2D eigenvalue weighted by molar-refractivity contribution is 0.0957. The number of nitrogens with zero attached hydrogens (tertiary/aromatic N) is 1. The monoisotopic (exact) mass is 310 g/mol. The fraction of sp³-hybridized carbons (Fsp3) is 0.533. The molecule has 0 aromatic heterocycles. The molecule has 0 amide bonds. The average molecular weight is 310 g/mol. The number of nitrogens with one attached hydrogen (secondary N) is 1. The summed E-state index contributed by atoms with van der Waals surface area (Å²) in [5.74, 6) is -0.0994. The fourth-order valence-corrected chi connectivity index (χ4v) is 3.40. The zero-order valence-corrected chi connectivity index (χ0v) is 13.4. The van der Waals surface area contributed by atoms with E-state index in [1.54, 1.807) is 12.1 Å². The van der Waals surface area contributed by atoms with E-state index in [1.807, 2.05) is 6.92 Å². The standard InChI is InChI=1S/C15H22N2O3S/c1-12-3-4-15(21(2,19)20)13(11-12)14(18)5-8-17-9-6-16-7-10-17/h3-4,11,16H,5-10H2,1-2H3. The molecule has 1 aliphatic heterocycles. The molecular formula is C15H22N2O3S. The van der Waals surface area contributed by atoms with E-state index in [1.165, 1.54) is 6.07 Å². The molecule has 0 aliphatic carbocycles. The van der Waals surface area contributed by atoms with Crippen molar-refractivity contribution in [3.05, 3.63) is 29.3 Å². The number of carbonyl (C=O) groups is 1. The van der Waals surface area contributed by atoms with E-state index in [0.29, 0.717) is 18.5 Å². The minimum Gasteiger partial charge on any atom is -0.314 e. The molecule has 1 fully saturated rings. The highest BCUT2D eigenvalue weighted by atomic mass is 32.2. The molecule has 1 heterocycles. The van der Waals surface area contributed by atoms with Crippen LogP contribution in [-0.4, -0.2) is 58.1 Å². The minimum absolute atomic E-state index is 0.0994. The number of carbonyl (C=O) groups excluding carboxylic acids is 1. The molecule has 5 nitrogen and oxygen atoms in total. The number of hydrogen-bond donors (Lipinski definition) is 1. The van der Waals surface area contributed by atoms with Gasteiger partial charge in [0.05, 0.1) is 4.90 Å². The predicted molar refractivity (Wildman–Crippen MR) is 82.5 cm³/mol. The number of benzene rings is 1. The first-order valence-corrected chi connectivity index (χ1v) is 9.04. The van der Waals surface area contributed by atoms with Crippen LogP contribution >= 0.6 is 0 Å². The lowest BCUT2D eigenvalue weighted by Crippen LogP contribution is -2.44. The zero-order valence-electron chi connectivity index (χ0n) is 12.6. The number of ketones is 1. The number of sulfone groups is 1. The Hall–Kier alpha value is -1.24. The van der Waals surface area contributed by atoms with Crippen LogP contribution in [0.5, 0.6) is 0 Å². The molecule has 0 bridgehead atoms. The van der Waals surface area contributed by atoms with Crippen LogP contribution in [0.25, 0.3) is 0 Å². The van der Waals surface area contributed by atoms with Crippen LogP contribution in [0, 0.1) is 6.92 Å². The lowest BCUT2D eigenvalue weighted by atomic mass is 10.1. The van der Waals surface area contributed by atoms with Gasteiger partial charge in [-0.1, -0.05) is 11.6 Å². The highest BCUT2D eigenvalue weighted by Gasteiger charge is 2.19. The van der Waals surface area contributed by atoms with E-state index >= 15 is 0 Å². The Balaban J connectivity index is 2.12. The Morgan fingerprint density at radius 2 is 1.95 bits per heavy atom. The van der Waals surface area contributed by atoms with E-state index in [0.717, 1.165) is 38.0 Å². The Morgan fingerprint density at radius 1 is 1.29 bits per heavy atom. The third-order valence-corrected chi connectivity index (χ3v) is 4.85. The van der Waals surface area contributed by atoms with Crippen molar-refractivity contribution in [1.29, 1.82) is 0 Å². The average Bonchev–Trinajstić information content (AvgIpc) is 2.44. The molecule has 6 heteroatoms. The maximum Gasteiger partial charge on any atom is 0.176 e. The van der Waals surface area contributed by atoms with Crippen LogP contribution < -0.4 is 5.32 Å². The van der Waals surface area contributed by atoms with E-state index in [4.69, 9.17) is 0 Å². The second kappa shape index (κ2) is 6.68. The maximum absolute atomic E-state index is 12.4. The summed E-state index contributed by atoms with van der Waals surface area (Å²) < 4.78 is 23.6. The SMILES string of the molecule is Cc1ccc(S(C)(=O)=O)c(C(=O)CCN2CCNCC2)c1. The molecule has 0 radical (unpaired) electrons. The number of piperazine rings is 1. The molecule has 1 aromatic rings. The van der Waals surface area contributed by atoms with Crippen LogP contribution in [0.15, 0.2) is 23.1 Å². The van der Waals surface area contributed by atoms with Gasteiger partial charge in [-0.05, 0) is 19.1 Å². The van der Waals surface area contributed by atoms with E-state index in [2.05, 4.69) is 10.2 Å². The van der Waals surface area contributed by atoms with Crippen molar-refractivity contribution in [3.63, 3.8) is 0 Å². The summed E-state index contributed by atoms with van der Waals surface area (Å²) in [6.45, 7) is 6.28. The molecule has 1 aromatic carbocycles. The van der Waals surface area contributed by atoms with Gasteiger partial charge in [-0.2, -0.15) is 0 Å². The van der Waals surface area contributed by atoms with Crippen molar-refractivity contribution < 1.29 is 13.2 Å². The zero-order chi connectivity index (χ0) is 15.5. The van der Waals surface area contributed by atoms with Gasteiger partial charge < -0.3 is 10.2 Å². The topological polar surface area (TPSA) is 66.5 Å². The normalized spacial score (nSPS) is 16.9. The van der Waals surface area contributed by atoms with Crippen molar-refractivity contribution in [2.24, 2.45) is 0 Å². The van der Waals surface area contributed by atoms with Gasteiger partial charge in [0, 0.05) is 51.0 Å². The summed E-state index contributed by atoms with van der Waals surface area (Å²) in [5.41, 5.74) is 1.22. The van der Waals surface area contributed by atoms with E-state index < -0.39 is 9.84 Å². The molecule has 1 saturated heterocycles. The minimum atomic E-state index is -3.38. The molecule has 0 spiro atoms. The Bertz CT molecular complexity index is 620. The largest absolute Gasteiger partial charge is 0.314 e. The van der Waals surface area contributed by atoms with Gasteiger partial charge >= 0.3 is 0 Å². The molecule has 0 saturated carbocycles. The first-order chi connectivity index (χ1) is 9.88. The van der Waals surface area contributed by atoms with Gasteiger partial charge in [0.2, 0.25) is 0 Å². The summed E-state index contributed by atoms with van der Waals surface area (Å²) in [5, 5.41) is 3.26. The van der Waals surface area contributed by atoms with Crippen molar-refractivity contribution >= 4 is 15.6 Å². The molecule has 0 unspecified atom stereocenters. The molecule has 1 aliphatic rings. The first-order valence-electron chi connectivity index (χ1n) is 7.15. The van der Waals surface area contributed by atoms with Gasteiger partial charge in [-0.15, -0.1) is 0 Å². The fourth-order valence-electron chi connectivity index (χ4n) is 2.51. The van der Waals surface area contributed by atoms with Crippen LogP contribution in [0.3, 0.4) is 0 Å². The highest BCUT2D eigenvalue weighted by molar-refractivity contribution is 7.90. The quantitative estimate of drug-likeness (QED) is 0.818. The number of rotatable bonds is 5. The van der Waals surface area contributed by atoms with E-state index in [-0.39, 0.29) is 10.7 Å². The molecule has 0 atom stereocenters. The third kappa shape index (κ3) is 4.36. The molecule has 116 valence electrons. The summed E-state index contributed by atoms with van der Waals surface area (Å²) >= 11 is 0. The summed E-state index contributed by atoms with van der Waals surface area (Å²) in [4.78, 5) is 14.8. The smallest absolute Gasteiger partial charge is 0.176 e. The molecule has 2 rings (SSSR count). The molecule has 21 heavy (non-hydrogen) atoms. The Labute approximate surface area is 126 Å². The van der Waals surface area contributed by atoms with Crippen LogP contribution in [0.2, 0.25) is 0 Å². The van der Waals surface area contributed by atoms with E-state index in [9.17, 15) is 13.2 Å². The van der Waals surface area contributed by atoms with Gasteiger partial charge in [-0.25, -0.2) is 8.42 Å². The summed E-state index contributed by atoms with van der Waals surface area (Å²) in [7, 11) is -3.38. The summed E-state index contributed by atoms with van der Waals surface area (Å²) in [6, 6.07) is 4.93. The second-order valence-corrected chi connectivity index (χ2v) is 7.52. The molecule has 1 N–H and O–H groups in total. The maximum atomic E-state index is 12.4. The highest BCUT2D eigenvalue weighted by Crippen LogP contribution is 2.19. The third-order valence-electron chi connectivity index (χ3n) is 3.70. The summed E-state index contributed by atoms with van der Waals surface area (Å²) in [6.07, 6.45) is 1.50.